The quantitative estimate of drug-likeness (QED) is 0.384. The number of nitrogen functional groups attached to an aromatic ring is 1. The Hall–Kier alpha value is -4.21. The van der Waals surface area contributed by atoms with Crippen molar-refractivity contribution < 1.29 is 22.7 Å². The Kier molecular flexibility index (Phi) is 6.41. The van der Waals surface area contributed by atoms with Gasteiger partial charge in [-0.25, -0.2) is 15.0 Å². The highest BCUT2D eigenvalue weighted by molar-refractivity contribution is 6.00. The monoisotopic (exact) mass is 507 g/mol. The number of amides is 1. The van der Waals surface area contributed by atoms with Gasteiger partial charge in [0.2, 0.25) is 5.91 Å². The Morgan fingerprint density at radius 2 is 2.03 bits per heavy atom. The lowest BCUT2D eigenvalue weighted by Crippen LogP contribution is -2.27. The molecule has 7 nitrogen and oxygen atoms in total. The van der Waals surface area contributed by atoms with Gasteiger partial charge in [0.25, 0.3) is 0 Å². The first-order valence-electron chi connectivity index (χ1n) is 11.8. The molecule has 1 saturated heterocycles. The van der Waals surface area contributed by atoms with Crippen LogP contribution in [0.3, 0.4) is 0 Å². The number of hydrogen-bond acceptors (Lipinski definition) is 6. The second-order valence-corrected chi connectivity index (χ2v) is 9.03. The molecule has 2 aromatic carbocycles. The summed E-state index contributed by atoms with van der Waals surface area (Å²) < 4.78 is 44.8. The molecule has 0 bridgehead atoms. The zero-order chi connectivity index (χ0) is 26.2. The average Bonchev–Trinajstić information content (AvgIpc) is 3.39. The Morgan fingerprint density at radius 1 is 1.24 bits per heavy atom. The minimum atomic E-state index is -4.35. The van der Waals surface area contributed by atoms with Gasteiger partial charge in [0.05, 0.1) is 17.1 Å². The van der Waals surface area contributed by atoms with E-state index in [1.54, 1.807) is 35.4 Å². The molecular formula is C27H24F3N5O2. The summed E-state index contributed by atoms with van der Waals surface area (Å²) in [6, 6.07) is 8.93. The van der Waals surface area contributed by atoms with Gasteiger partial charge < -0.3 is 15.4 Å². The first-order valence-corrected chi connectivity index (χ1v) is 11.8. The van der Waals surface area contributed by atoms with Crippen molar-refractivity contribution >= 4 is 28.4 Å². The lowest BCUT2D eigenvalue weighted by molar-refractivity contribution is -0.160. The highest BCUT2D eigenvalue weighted by Crippen LogP contribution is 2.40. The standard InChI is InChI=1S/C27H24F3N5O2/c1-2-24(36)35-10-8-17(14-35)21-12-20(25(31)22-13-32-15-34-26(21)22)16-3-5-19(6-4-16)37-23-11-18(7-9-33-23)27(28,29)30/h2-7,9,12-13,15,17-18H,1,8,10-11,14,31H2. The molecule has 0 radical (unpaired) electrons. The van der Waals surface area contributed by atoms with E-state index >= 15 is 0 Å². The van der Waals surface area contributed by atoms with Gasteiger partial charge in [0.1, 0.15) is 12.1 Å². The fourth-order valence-corrected chi connectivity index (χ4v) is 4.77. The molecular weight excluding hydrogens is 483 g/mol. The number of hydrogen-bond donors (Lipinski definition) is 1. The number of rotatable bonds is 4. The number of benzene rings is 2. The third kappa shape index (κ3) is 4.91. The fourth-order valence-electron chi connectivity index (χ4n) is 4.77. The van der Waals surface area contributed by atoms with Crippen molar-refractivity contribution in [1.82, 2.24) is 14.9 Å². The highest BCUT2D eigenvalue weighted by Gasteiger charge is 2.40. The topological polar surface area (TPSA) is 93.7 Å². The minimum absolute atomic E-state index is 0.00193. The summed E-state index contributed by atoms with van der Waals surface area (Å²) in [6.07, 6.45) is 2.70. The average molecular weight is 508 g/mol. The number of likely N-dealkylation sites (tertiary alicyclic amines) is 1. The maximum atomic E-state index is 13.1. The smallest absolute Gasteiger partial charge is 0.395 e. The van der Waals surface area contributed by atoms with Gasteiger partial charge in [0.15, 0.2) is 5.90 Å². The van der Waals surface area contributed by atoms with Crippen LogP contribution in [0.4, 0.5) is 18.9 Å². The molecule has 0 spiro atoms. The number of carbonyl (C=O) groups is 1. The van der Waals surface area contributed by atoms with Crippen LogP contribution in [0.15, 0.2) is 72.8 Å². The van der Waals surface area contributed by atoms with Gasteiger partial charge in [-0.05, 0) is 41.8 Å². The molecule has 2 aliphatic rings. The number of anilines is 1. The number of nitrogens with two attached hydrogens (primary N) is 1. The lowest BCUT2D eigenvalue weighted by atomic mass is 9.90. The number of halogens is 3. The van der Waals surface area contributed by atoms with Crippen molar-refractivity contribution in [2.45, 2.75) is 24.9 Å². The van der Waals surface area contributed by atoms with E-state index in [0.717, 1.165) is 40.9 Å². The molecule has 0 aliphatic carbocycles. The van der Waals surface area contributed by atoms with Crippen LogP contribution in [0.5, 0.6) is 5.75 Å². The third-order valence-electron chi connectivity index (χ3n) is 6.73. The number of carbonyl (C=O) groups excluding carboxylic acids is 1. The van der Waals surface area contributed by atoms with Crippen molar-refractivity contribution in [2.75, 3.05) is 18.8 Å². The molecule has 5 rings (SSSR count). The maximum absolute atomic E-state index is 13.1. The van der Waals surface area contributed by atoms with Crippen LogP contribution in [-0.2, 0) is 4.79 Å². The molecule has 2 atom stereocenters. The second kappa shape index (κ2) is 9.68. The Morgan fingerprint density at radius 3 is 2.76 bits per heavy atom. The van der Waals surface area contributed by atoms with Crippen molar-refractivity contribution in [3.63, 3.8) is 0 Å². The van der Waals surface area contributed by atoms with Gasteiger partial charge in [-0.15, -0.1) is 0 Å². The van der Waals surface area contributed by atoms with E-state index in [2.05, 4.69) is 21.5 Å². The van der Waals surface area contributed by atoms with Crippen molar-refractivity contribution in [2.24, 2.45) is 10.9 Å². The summed E-state index contributed by atoms with van der Waals surface area (Å²) in [5, 5.41) is 0.713. The minimum Gasteiger partial charge on any atom is -0.443 e. The molecule has 1 fully saturated rings. The molecule has 0 saturated carbocycles. The number of aromatic nitrogens is 2. The third-order valence-corrected chi connectivity index (χ3v) is 6.73. The van der Waals surface area contributed by atoms with E-state index in [0.29, 0.717) is 29.9 Å². The Bertz CT molecular complexity index is 1420. The van der Waals surface area contributed by atoms with Crippen LogP contribution in [0, 0.1) is 5.92 Å². The van der Waals surface area contributed by atoms with E-state index in [-0.39, 0.29) is 24.1 Å². The van der Waals surface area contributed by atoms with Gasteiger partial charge >= 0.3 is 6.18 Å². The predicted molar refractivity (Wildman–Crippen MR) is 135 cm³/mol. The van der Waals surface area contributed by atoms with Gasteiger partial charge in [0, 0.05) is 48.8 Å². The highest BCUT2D eigenvalue weighted by atomic mass is 19.4. The predicted octanol–water partition coefficient (Wildman–Crippen LogP) is 5.25. The van der Waals surface area contributed by atoms with Crippen LogP contribution < -0.4 is 10.5 Å². The summed E-state index contributed by atoms with van der Waals surface area (Å²) >= 11 is 0. The summed E-state index contributed by atoms with van der Waals surface area (Å²) in [7, 11) is 0. The summed E-state index contributed by atoms with van der Waals surface area (Å²) in [6.45, 7) is 4.76. The van der Waals surface area contributed by atoms with Crippen LogP contribution >= 0.6 is 0 Å². The largest absolute Gasteiger partial charge is 0.443 e. The zero-order valence-electron chi connectivity index (χ0n) is 19.8. The molecule has 1 amide bonds. The molecule has 37 heavy (non-hydrogen) atoms. The molecule has 2 aliphatic heterocycles. The maximum Gasteiger partial charge on any atom is 0.395 e. The molecule has 2 unspecified atom stereocenters. The first kappa shape index (κ1) is 24.5. The van der Waals surface area contributed by atoms with Crippen LogP contribution in [0.1, 0.15) is 24.3 Å². The van der Waals surface area contributed by atoms with Crippen molar-refractivity contribution in [3.8, 4) is 16.9 Å². The van der Waals surface area contributed by atoms with E-state index in [1.807, 2.05) is 6.07 Å². The molecule has 1 aromatic heterocycles. The van der Waals surface area contributed by atoms with E-state index in [4.69, 9.17) is 10.5 Å². The first-order chi connectivity index (χ1) is 17.7. The Labute approximate surface area is 211 Å². The number of fused-ring (bicyclic) bond motifs is 1. The van der Waals surface area contributed by atoms with Gasteiger partial charge in [-0.3, -0.25) is 4.79 Å². The number of aliphatic imine (C=N–C) groups is 1. The van der Waals surface area contributed by atoms with Gasteiger partial charge in [-0.2, -0.15) is 13.2 Å². The van der Waals surface area contributed by atoms with Crippen molar-refractivity contribution in [1.29, 1.82) is 0 Å². The second-order valence-electron chi connectivity index (χ2n) is 9.03. The van der Waals surface area contributed by atoms with Crippen LogP contribution in [0.25, 0.3) is 22.0 Å². The van der Waals surface area contributed by atoms with Gasteiger partial charge in [-0.1, -0.05) is 24.8 Å². The number of nitrogens with zero attached hydrogens (tertiary/aromatic N) is 4. The fraction of sp³-hybridized carbons (Fsp3) is 0.259. The molecule has 10 heteroatoms. The van der Waals surface area contributed by atoms with E-state index in [1.165, 1.54) is 12.4 Å². The summed E-state index contributed by atoms with van der Waals surface area (Å²) in [5.41, 5.74) is 10.3. The summed E-state index contributed by atoms with van der Waals surface area (Å²) in [4.78, 5) is 26.5. The molecule has 3 aromatic rings. The van der Waals surface area contributed by atoms with Crippen molar-refractivity contribution in [3.05, 3.63) is 73.4 Å². The van der Waals surface area contributed by atoms with Crippen LogP contribution in [0.2, 0.25) is 0 Å². The Balaban J connectivity index is 1.43. The summed E-state index contributed by atoms with van der Waals surface area (Å²) in [5.74, 6) is -1.28. The number of allylic oxidation sites excluding steroid dienone is 1. The number of alkyl halides is 3. The number of ether oxygens (including phenoxy) is 1. The molecule has 190 valence electrons. The normalized spacial score (nSPS) is 19.6. The molecule has 3 heterocycles. The molecule has 2 N–H and O–H groups in total. The van der Waals surface area contributed by atoms with E-state index < -0.39 is 12.1 Å². The lowest BCUT2D eigenvalue weighted by Gasteiger charge is -2.20. The zero-order valence-corrected chi connectivity index (χ0v) is 19.8. The van der Waals surface area contributed by atoms with Crippen LogP contribution in [-0.4, -0.2) is 45.9 Å². The SMILES string of the molecule is C=CC(=O)N1CCC(c2cc(-c3ccc(OC4=NC=CC(C(F)(F)F)C4)cc3)c(N)c3cncnc23)C1. The van der Waals surface area contributed by atoms with E-state index in [9.17, 15) is 18.0 Å².